The Morgan fingerprint density at radius 2 is 1.21 bits per heavy atom. The lowest BCUT2D eigenvalue weighted by Gasteiger charge is -2.25. The van der Waals surface area contributed by atoms with Crippen molar-refractivity contribution in [1.29, 1.82) is 0 Å². The van der Waals surface area contributed by atoms with Crippen LogP contribution in [0.4, 0.5) is 5.69 Å². The van der Waals surface area contributed by atoms with E-state index < -0.39 is 19.1 Å². The van der Waals surface area contributed by atoms with E-state index in [1.165, 1.54) is 61.3 Å². The van der Waals surface area contributed by atoms with Gasteiger partial charge in [-0.25, -0.2) is 21.7 Å². The first-order chi connectivity index (χ1) is 32.7. The van der Waals surface area contributed by atoms with Gasteiger partial charge in [-0.1, -0.05) is 118 Å². The van der Waals surface area contributed by atoms with Crippen LogP contribution in [-0.2, 0) is 19.1 Å². The molecule has 2 aliphatic heterocycles. The van der Waals surface area contributed by atoms with E-state index in [2.05, 4.69) is 36.6 Å². The lowest BCUT2D eigenvalue weighted by Crippen LogP contribution is -2.34. The fraction of sp³-hybridized carbons (Fsp3) is 0.222. The van der Waals surface area contributed by atoms with Gasteiger partial charge in [-0.05, 0) is 73.0 Å². The van der Waals surface area contributed by atoms with Crippen molar-refractivity contribution in [3.05, 3.63) is 144 Å². The Kier molecular flexibility index (Phi) is 19.9. The van der Waals surface area contributed by atoms with E-state index in [0.29, 0.717) is 42.6 Å². The number of hydrogen-bond acceptors (Lipinski definition) is 13. The molecule has 0 spiro atoms. The first-order valence-electron chi connectivity index (χ1n) is 20.4. The van der Waals surface area contributed by atoms with E-state index in [1.54, 1.807) is 82.0 Å². The number of aromatic nitrogens is 4. The van der Waals surface area contributed by atoms with Gasteiger partial charge in [0.1, 0.15) is 24.9 Å². The predicted octanol–water partition coefficient (Wildman–Crippen LogP) is 10.9. The zero-order chi connectivity index (χ0) is 50.2. The summed E-state index contributed by atoms with van der Waals surface area (Å²) in [6.07, 6.45) is 5.42. The number of rotatable bonds is 9. The van der Waals surface area contributed by atoms with E-state index in [-0.39, 0.29) is 57.8 Å². The van der Waals surface area contributed by atoms with Gasteiger partial charge in [0.25, 0.3) is 20.9 Å². The van der Waals surface area contributed by atoms with E-state index in [0.717, 1.165) is 46.2 Å². The quantitative estimate of drug-likeness (QED) is 0.107. The van der Waals surface area contributed by atoms with Gasteiger partial charge in [0.05, 0.1) is 37.7 Å². The molecule has 0 bridgehead atoms. The van der Waals surface area contributed by atoms with Gasteiger partial charge in [0.2, 0.25) is 15.7 Å². The zero-order valence-electron chi connectivity index (χ0n) is 37.4. The molecule has 25 heteroatoms. The number of amides is 2. The first-order valence-corrected chi connectivity index (χ1v) is 27.2. The molecule has 15 nitrogen and oxygen atoms in total. The third kappa shape index (κ3) is 13.9. The number of nitrogens with zero attached hydrogens (tertiary/aromatic N) is 8. The van der Waals surface area contributed by atoms with Gasteiger partial charge in [-0.15, -0.1) is 32.8 Å². The highest BCUT2D eigenvalue weighted by Crippen LogP contribution is 2.36. The Balaban J connectivity index is 0.000000218. The molecule has 0 saturated carbocycles. The third-order valence-corrected chi connectivity index (χ3v) is 16.8. The topological polar surface area (TPSA) is 180 Å². The Morgan fingerprint density at radius 3 is 1.66 bits per heavy atom. The lowest BCUT2D eigenvalue weighted by atomic mass is 10.1. The summed E-state index contributed by atoms with van der Waals surface area (Å²) in [6.45, 7) is 9.56. The molecule has 2 aromatic heterocycles. The van der Waals surface area contributed by atoms with Crippen molar-refractivity contribution < 1.29 is 26.4 Å². The van der Waals surface area contributed by atoms with Crippen LogP contribution in [-0.4, -0.2) is 118 Å². The SMILES string of the molecule is CN(C)C(=O)c1ccc(-c2nnc(C3=CCNCC3)s2)cc1Cl.Cl.O=S(=O)(Cl)c1ccc(Cl)cc1Cl.[C-]#[N+]c1ccccc1S(=O)(=O)N1CC=C(c2nnc(-c3ccc(C(=O)N(C)C)c(Cl)c3)s2)CC1. The number of hydrogen-bond donors (Lipinski definition) is 1. The summed E-state index contributed by atoms with van der Waals surface area (Å²) in [5.74, 6) is -0.292. The van der Waals surface area contributed by atoms with Gasteiger partial charge in [-0.2, -0.15) is 4.31 Å². The Morgan fingerprint density at radius 1 is 0.686 bits per heavy atom. The summed E-state index contributed by atoms with van der Waals surface area (Å²) in [4.78, 5) is 30.4. The van der Waals surface area contributed by atoms with Crippen molar-refractivity contribution in [3.8, 4) is 21.1 Å². The normalized spacial score (nSPS) is 13.7. The summed E-state index contributed by atoms with van der Waals surface area (Å²) in [6, 6.07) is 20.7. The molecule has 2 aliphatic rings. The number of nitrogens with one attached hydrogen (secondary N) is 1. The average molecular weight is 1140 g/mol. The Bertz CT molecular complexity index is 3250. The number of carbonyl (C=O) groups is 2. The summed E-state index contributed by atoms with van der Waals surface area (Å²) in [7, 11) is 4.26. The molecule has 368 valence electrons. The lowest BCUT2D eigenvalue weighted by molar-refractivity contribution is 0.0820. The van der Waals surface area contributed by atoms with E-state index in [9.17, 15) is 26.4 Å². The first kappa shape index (κ1) is 56.4. The number of carbonyl (C=O) groups excluding carboxylic acids is 2. The summed E-state index contributed by atoms with van der Waals surface area (Å²) < 4.78 is 49.0. The monoisotopic (exact) mass is 1140 g/mol. The average Bonchev–Trinajstić information content (AvgIpc) is 4.03. The molecule has 6 aromatic rings. The second-order valence-corrected chi connectivity index (χ2v) is 23.3. The maximum Gasteiger partial charge on any atom is 0.262 e. The van der Waals surface area contributed by atoms with Crippen LogP contribution in [0.2, 0.25) is 20.1 Å². The molecule has 0 saturated heterocycles. The summed E-state index contributed by atoms with van der Waals surface area (Å²) in [5, 5.41) is 24.7. The largest absolute Gasteiger partial charge is 0.345 e. The molecular weight excluding hydrogens is 1100 g/mol. The van der Waals surface area contributed by atoms with Crippen LogP contribution >= 0.6 is 92.2 Å². The van der Waals surface area contributed by atoms with E-state index in [1.807, 2.05) is 12.1 Å². The highest BCUT2D eigenvalue weighted by Gasteiger charge is 2.29. The highest BCUT2D eigenvalue weighted by atomic mass is 35.7. The van der Waals surface area contributed by atoms with Crippen LogP contribution in [0.5, 0.6) is 0 Å². The minimum atomic E-state index is -3.77. The maximum absolute atomic E-state index is 13.0. The van der Waals surface area contributed by atoms with Gasteiger partial charge >= 0.3 is 0 Å². The van der Waals surface area contributed by atoms with Gasteiger partial charge in [0.15, 0.2) is 0 Å². The van der Waals surface area contributed by atoms with Crippen LogP contribution in [0.1, 0.15) is 43.6 Å². The standard InChI is InChI=1S/C23H20ClN5O3S2.C16H17ClN4OS.C6H3Cl3O2S.ClH/c1-25-19-6-4-5-7-20(19)34(31,32)29-12-10-15(11-13-29)21-26-27-22(33-21)16-8-9-17(18(24)14-16)23(30)28(2)3;1-21(2)16(22)12-4-3-11(9-13(12)17)15-20-19-14(23-15)10-5-7-18-8-6-10;7-4-1-2-6(5(8)3-4)12(9,10)11;/h4-10,14H,11-13H2,2-3H3;3-5,9,18H,6-8H2,1-2H3;1-3H;1H. The molecule has 4 heterocycles. The highest BCUT2D eigenvalue weighted by molar-refractivity contribution is 8.13. The van der Waals surface area contributed by atoms with E-state index in [4.69, 9.17) is 63.7 Å². The minimum absolute atomic E-state index is 0. The second kappa shape index (κ2) is 24.7. The fourth-order valence-corrected chi connectivity index (χ4v) is 12.1. The van der Waals surface area contributed by atoms with Gasteiger partial charge < -0.3 is 15.1 Å². The molecule has 8 rings (SSSR count). The fourth-order valence-electron chi connectivity index (χ4n) is 6.52. The Hall–Kier alpha value is -4.53. The van der Waals surface area contributed by atoms with Gasteiger partial charge in [0, 0.05) is 74.7 Å². The smallest absolute Gasteiger partial charge is 0.262 e. The second-order valence-electron chi connectivity index (χ2n) is 15.2. The molecule has 4 aromatic carbocycles. The van der Waals surface area contributed by atoms with Crippen LogP contribution in [0.25, 0.3) is 37.1 Å². The zero-order valence-corrected chi connectivity index (χ0v) is 45.2. The summed E-state index contributed by atoms with van der Waals surface area (Å²) >= 11 is 26.6. The van der Waals surface area contributed by atoms with Crippen molar-refractivity contribution in [2.75, 3.05) is 54.4 Å². The molecule has 0 fully saturated rings. The van der Waals surface area contributed by atoms with Crippen molar-refractivity contribution in [2.45, 2.75) is 22.6 Å². The molecule has 2 amide bonds. The predicted molar refractivity (Wildman–Crippen MR) is 283 cm³/mol. The van der Waals surface area contributed by atoms with Crippen LogP contribution in [0, 0.1) is 6.57 Å². The molecule has 0 aliphatic carbocycles. The Labute approximate surface area is 444 Å². The number of halogens is 6. The van der Waals surface area contributed by atoms with Crippen molar-refractivity contribution in [3.63, 3.8) is 0 Å². The molecule has 70 heavy (non-hydrogen) atoms. The van der Waals surface area contributed by atoms with Gasteiger partial charge in [-0.3, -0.25) is 9.59 Å². The minimum Gasteiger partial charge on any atom is -0.345 e. The van der Waals surface area contributed by atoms with Crippen LogP contribution < -0.4 is 5.32 Å². The van der Waals surface area contributed by atoms with E-state index >= 15 is 0 Å². The molecular formula is C45H41Cl6N9O6S4. The molecule has 0 radical (unpaired) electrons. The molecule has 0 atom stereocenters. The van der Waals surface area contributed by atoms with Crippen molar-refractivity contribution >= 4 is 140 Å². The number of para-hydroxylation sites is 1. The molecule has 0 unspecified atom stereocenters. The maximum atomic E-state index is 13.0. The van der Waals surface area contributed by atoms with Crippen LogP contribution in [0.3, 0.4) is 0 Å². The number of benzene rings is 4. The van der Waals surface area contributed by atoms with Crippen LogP contribution in [0.15, 0.2) is 101 Å². The van der Waals surface area contributed by atoms with Crippen molar-refractivity contribution in [2.24, 2.45) is 0 Å². The third-order valence-electron chi connectivity index (χ3n) is 10.1. The number of sulfonamides is 1. The van der Waals surface area contributed by atoms with Crippen molar-refractivity contribution in [1.82, 2.24) is 39.8 Å². The summed E-state index contributed by atoms with van der Waals surface area (Å²) in [5.41, 5.74) is 4.80. The molecule has 1 N–H and O–H groups in total.